The van der Waals surface area contributed by atoms with E-state index in [0.717, 1.165) is 51.9 Å². The van der Waals surface area contributed by atoms with Crippen LogP contribution in [-0.2, 0) is 13.0 Å². The number of aromatic amines is 1. The molecule has 5 rings (SSSR count). The summed E-state index contributed by atoms with van der Waals surface area (Å²) in [7, 11) is 4.11. The molecule has 1 aromatic heterocycles. The molecule has 0 fully saturated rings. The molecule has 198 valence electrons. The maximum Gasteiger partial charge on any atom is 0.387 e. The Kier molecular flexibility index (Phi) is 7.72. The maximum atomic E-state index is 12.8. The van der Waals surface area contributed by atoms with E-state index in [-0.39, 0.29) is 11.7 Å². The summed E-state index contributed by atoms with van der Waals surface area (Å²) in [6, 6.07) is 19.6. The van der Waals surface area contributed by atoms with Crippen LogP contribution in [0.2, 0.25) is 0 Å². The van der Waals surface area contributed by atoms with Crippen molar-refractivity contribution in [2.45, 2.75) is 44.6 Å². The van der Waals surface area contributed by atoms with Crippen LogP contribution in [-0.4, -0.2) is 47.1 Å². The van der Waals surface area contributed by atoms with Gasteiger partial charge in [-0.3, -0.25) is 5.10 Å². The lowest BCUT2D eigenvalue weighted by Gasteiger charge is -2.26. The van der Waals surface area contributed by atoms with Crippen molar-refractivity contribution in [1.82, 2.24) is 15.1 Å². The molecule has 0 saturated heterocycles. The van der Waals surface area contributed by atoms with Crippen molar-refractivity contribution in [2.24, 2.45) is 0 Å². The largest absolute Gasteiger partial charge is 0.435 e. The molecular weight excluding hydrogens is 486 g/mol. The Morgan fingerprint density at radius 3 is 2.63 bits per heavy atom. The molecule has 0 saturated carbocycles. The number of fused-ring (bicyclic) bond motifs is 2. The van der Waals surface area contributed by atoms with Crippen LogP contribution in [0.15, 0.2) is 60.7 Å². The molecule has 0 amide bonds. The maximum absolute atomic E-state index is 12.8. The number of rotatable bonds is 7. The van der Waals surface area contributed by atoms with Crippen LogP contribution in [0.5, 0.6) is 5.75 Å². The molecule has 3 aromatic carbocycles. The van der Waals surface area contributed by atoms with Gasteiger partial charge < -0.3 is 20.1 Å². The lowest BCUT2D eigenvalue weighted by atomic mass is 9.85. The normalized spacial score (nSPS) is 18.0. The van der Waals surface area contributed by atoms with E-state index in [2.05, 4.69) is 87.8 Å². The highest BCUT2D eigenvalue weighted by Crippen LogP contribution is 2.35. The van der Waals surface area contributed by atoms with Gasteiger partial charge in [-0.2, -0.15) is 13.9 Å². The molecule has 1 aliphatic rings. The number of hydrogen-bond donors (Lipinski definition) is 3. The molecular formula is C30H32F2N4O2. The fourth-order valence-corrected chi connectivity index (χ4v) is 5.03. The van der Waals surface area contributed by atoms with Gasteiger partial charge in [-0.25, -0.2) is 0 Å². The highest BCUT2D eigenvalue weighted by Gasteiger charge is 2.22. The molecule has 0 radical (unpaired) electrons. The first kappa shape index (κ1) is 25.9. The summed E-state index contributed by atoms with van der Waals surface area (Å²) >= 11 is 0. The van der Waals surface area contributed by atoms with E-state index in [1.807, 2.05) is 6.08 Å². The third-order valence-corrected chi connectivity index (χ3v) is 6.88. The third kappa shape index (κ3) is 6.20. The second-order valence-electron chi connectivity index (χ2n) is 10.1. The van der Waals surface area contributed by atoms with Gasteiger partial charge in [0.1, 0.15) is 12.0 Å². The van der Waals surface area contributed by atoms with Crippen molar-refractivity contribution >= 4 is 28.7 Å². The van der Waals surface area contributed by atoms with E-state index in [0.29, 0.717) is 12.8 Å². The number of hydrogen-bond acceptors (Lipinski definition) is 5. The van der Waals surface area contributed by atoms with Gasteiger partial charge in [0.15, 0.2) is 0 Å². The van der Waals surface area contributed by atoms with Crippen LogP contribution in [0.3, 0.4) is 0 Å². The van der Waals surface area contributed by atoms with Gasteiger partial charge >= 0.3 is 6.61 Å². The molecule has 0 aliphatic carbocycles. The number of benzene rings is 3. The average molecular weight is 519 g/mol. The van der Waals surface area contributed by atoms with Crippen LogP contribution < -0.4 is 10.1 Å². The highest BCUT2D eigenvalue weighted by molar-refractivity contribution is 5.89. The van der Waals surface area contributed by atoms with Crippen LogP contribution in [0, 0.1) is 0 Å². The van der Waals surface area contributed by atoms with Gasteiger partial charge in [0, 0.05) is 17.6 Å². The molecule has 0 bridgehead atoms. The molecule has 2 heterocycles. The Morgan fingerprint density at radius 1 is 1.05 bits per heavy atom. The predicted molar refractivity (Wildman–Crippen MR) is 147 cm³/mol. The Balaban J connectivity index is 1.36. The molecule has 1 unspecified atom stereocenters. The number of ether oxygens (including phenoxy) is 1. The van der Waals surface area contributed by atoms with Gasteiger partial charge in [0.05, 0.1) is 11.2 Å². The highest BCUT2D eigenvalue weighted by atomic mass is 19.3. The number of aromatic nitrogens is 2. The number of alkyl halides is 2. The third-order valence-electron chi connectivity index (χ3n) is 6.88. The lowest BCUT2D eigenvalue weighted by Crippen LogP contribution is -2.23. The van der Waals surface area contributed by atoms with Crippen LogP contribution in [0.25, 0.3) is 23.1 Å². The molecule has 3 N–H and O–H groups in total. The van der Waals surface area contributed by atoms with Gasteiger partial charge in [0.2, 0.25) is 0 Å². The number of halogens is 2. The quantitative estimate of drug-likeness (QED) is 0.270. The Morgan fingerprint density at radius 2 is 1.87 bits per heavy atom. The summed E-state index contributed by atoms with van der Waals surface area (Å²) in [4.78, 5) is 2.14. The van der Waals surface area contributed by atoms with Crippen LogP contribution in [0.1, 0.15) is 46.7 Å². The summed E-state index contributed by atoms with van der Waals surface area (Å²) in [5, 5.41) is 22.2. The van der Waals surface area contributed by atoms with Crippen molar-refractivity contribution in [3.63, 3.8) is 0 Å². The molecule has 4 aromatic rings. The van der Waals surface area contributed by atoms with E-state index in [1.165, 1.54) is 11.6 Å². The molecule has 6 nitrogen and oxygen atoms in total. The SMILES string of the molecule is CN(C)Cc1ccc(/C=C/c2n[nH]c3cc([C@@H]4CCC(O)Nc5ccc(OC(F)F)cc5C4)ccc23)cc1. The standard InChI is InChI=1S/C30H32F2N4O2/c1-36(2)18-20-5-3-19(4-6-20)7-12-27-25-11-8-22(17-28(25)35-34-27)21-9-14-29(37)33-26-13-10-24(38-30(31)32)16-23(26)15-21/h3-8,10-13,16-17,21,29-30,33,37H,9,14-15,18H2,1-2H3,(H,34,35)/b12-7+/t21-,29?/m1/s1. The van der Waals surface area contributed by atoms with Crippen molar-refractivity contribution in [3.8, 4) is 5.75 Å². The minimum atomic E-state index is -2.88. The molecule has 38 heavy (non-hydrogen) atoms. The lowest BCUT2D eigenvalue weighted by molar-refractivity contribution is -0.0498. The zero-order chi connectivity index (χ0) is 26.6. The monoisotopic (exact) mass is 518 g/mol. The average Bonchev–Trinajstić information content (AvgIpc) is 3.28. The van der Waals surface area contributed by atoms with Crippen molar-refractivity contribution in [2.75, 3.05) is 19.4 Å². The number of anilines is 1. The topological polar surface area (TPSA) is 73.4 Å². The Hall–Kier alpha value is -3.75. The van der Waals surface area contributed by atoms with Gasteiger partial charge in [-0.1, -0.05) is 42.5 Å². The van der Waals surface area contributed by atoms with E-state index < -0.39 is 12.8 Å². The van der Waals surface area contributed by atoms with E-state index in [9.17, 15) is 13.9 Å². The van der Waals surface area contributed by atoms with Crippen molar-refractivity contribution in [3.05, 3.63) is 88.6 Å². The number of aliphatic hydroxyl groups excluding tert-OH is 1. The molecule has 1 aliphatic heterocycles. The summed E-state index contributed by atoms with van der Waals surface area (Å²) in [5.41, 5.74) is 6.83. The second kappa shape index (κ2) is 11.3. The Labute approximate surface area is 220 Å². The van der Waals surface area contributed by atoms with E-state index in [1.54, 1.807) is 12.1 Å². The minimum Gasteiger partial charge on any atom is -0.435 e. The number of aliphatic hydroxyl groups is 1. The van der Waals surface area contributed by atoms with E-state index >= 15 is 0 Å². The first-order valence-corrected chi connectivity index (χ1v) is 12.8. The summed E-state index contributed by atoms with van der Waals surface area (Å²) < 4.78 is 30.1. The first-order valence-electron chi connectivity index (χ1n) is 12.8. The van der Waals surface area contributed by atoms with Gasteiger partial charge in [0.25, 0.3) is 0 Å². The zero-order valence-corrected chi connectivity index (χ0v) is 21.5. The van der Waals surface area contributed by atoms with Gasteiger partial charge in [-0.05, 0) is 91.9 Å². The second-order valence-corrected chi connectivity index (χ2v) is 10.1. The summed E-state index contributed by atoms with van der Waals surface area (Å²) in [6.45, 7) is -1.98. The van der Waals surface area contributed by atoms with Crippen LogP contribution in [0.4, 0.5) is 14.5 Å². The van der Waals surface area contributed by atoms with Crippen molar-refractivity contribution < 1.29 is 18.6 Å². The number of H-pyrrole nitrogens is 1. The number of nitrogens with zero attached hydrogens (tertiary/aromatic N) is 2. The van der Waals surface area contributed by atoms with E-state index in [4.69, 9.17) is 0 Å². The fourth-order valence-electron chi connectivity index (χ4n) is 5.03. The van der Waals surface area contributed by atoms with Crippen molar-refractivity contribution in [1.29, 1.82) is 0 Å². The zero-order valence-electron chi connectivity index (χ0n) is 21.5. The predicted octanol–water partition coefficient (Wildman–Crippen LogP) is 6.25. The summed E-state index contributed by atoms with van der Waals surface area (Å²) in [6.07, 6.45) is 5.29. The smallest absolute Gasteiger partial charge is 0.387 e. The first-order chi connectivity index (χ1) is 18.3. The summed E-state index contributed by atoms with van der Waals surface area (Å²) in [5.74, 6) is 0.210. The molecule has 2 atom stereocenters. The molecule has 8 heteroatoms. The Bertz CT molecular complexity index is 1420. The molecule has 0 spiro atoms. The van der Waals surface area contributed by atoms with Gasteiger partial charge in [-0.15, -0.1) is 0 Å². The van der Waals surface area contributed by atoms with Crippen LogP contribution >= 0.6 is 0 Å². The number of nitrogens with one attached hydrogen (secondary N) is 2. The fraction of sp³-hybridized carbons (Fsp3) is 0.300. The minimum absolute atomic E-state index is 0.0969.